The van der Waals surface area contributed by atoms with Gasteiger partial charge in [-0.2, -0.15) is 0 Å². The van der Waals surface area contributed by atoms with E-state index in [0.717, 1.165) is 38.5 Å². The first-order valence-corrected chi connectivity index (χ1v) is 20.2. The monoisotopic (exact) mass is 665 g/mol. The Kier molecular flexibility index (Phi) is 31.6. The van der Waals surface area contributed by atoms with Gasteiger partial charge in [-0.1, -0.05) is 162 Å². The van der Waals surface area contributed by atoms with Gasteiger partial charge in [0.15, 0.2) is 0 Å². The fourth-order valence-corrected chi connectivity index (χ4v) is 6.41. The number of amides is 1. The van der Waals surface area contributed by atoms with E-state index in [1.54, 1.807) is 0 Å². The number of hydrogen-bond acceptors (Lipinski definition) is 7. The summed E-state index contributed by atoms with van der Waals surface area (Å²) in [7, 11) is -4.36. The van der Waals surface area contributed by atoms with Crippen molar-refractivity contribution in [3.8, 4) is 0 Å². The third-order valence-electron chi connectivity index (χ3n) is 8.52. The molecule has 0 bridgehead atoms. The molecular formula is C35H73N2O7P. The smallest absolute Gasteiger partial charge is 0.393 e. The summed E-state index contributed by atoms with van der Waals surface area (Å²) in [5, 5.41) is 24.0. The van der Waals surface area contributed by atoms with Gasteiger partial charge in [0.2, 0.25) is 5.91 Å². The molecule has 0 aliphatic heterocycles. The summed E-state index contributed by atoms with van der Waals surface area (Å²) in [6.45, 7) is 4.01. The third kappa shape index (κ3) is 30.5. The summed E-state index contributed by atoms with van der Waals surface area (Å²) >= 11 is 0. The molecule has 45 heavy (non-hydrogen) atoms. The van der Waals surface area contributed by atoms with Crippen molar-refractivity contribution in [2.24, 2.45) is 5.73 Å². The van der Waals surface area contributed by atoms with E-state index in [1.807, 2.05) is 0 Å². The van der Waals surface area contributed by atoms with Gasteiger partial charge in [-0.15, -0.1) is 0 Å². The zero-order valence-corrected chi connectivity index (χ0v) is 30.1. The number of aliphatic hydroxyl groups is 2. The van der Waals surface area contributed by atoms with E-state index >= 15 is 0 Å². The average molecular weight is 665 g/mol. The van der Waals surface area contributed by atoms with Crippen LogP contribution in [0.4, 0.5) is 0 Å². The minimum atomic E-state index is -4.36. The summed E-state index contributed by atoms with van der Waals surface area (Å²) in [6.07, 6.45) is 27.2. The Bertz CT molecular complexity index is 701. The summed E-state index contributed by atoms with van der Waals surface area (Å²) in [5.74, 6) is -0.414. The molecule has 0 aliphatic rings. The van der Waals surface area contributed by atoms with Crippen LogP contribution in [0.15, 0.2) is 0 Å². The van der Waals surface area contributed by atoms with E-state index in [2.05, 4.69) is 19.2 Å². The quantitative estimate of drug-likeness (QED) is 0.0334. The Morgan fingerprint density at radius 3 is 1.49 bits per heavy atom. The van der Waals surface area contributed by atoms with E-state index in [0.29, 0.717) is 12.8 Å². The number of hydrogen-bond donors (Lipinski definition) is 5. The van der Waals surface area contributed by atoms with Gasteiger partial charge >= 0.3 is 7.82 Å². The summed E-state index contributed by atoms with van der Waals surface area (Å²) in [5.41, 5.74) is 5.34. The van der Waals surface area contributed by atoms with Gasteiger partial charge < -0.3 is 26.2 Å². The van der Waals surface area contributed by atoms with Gasteiger partial charge in [0.05, 0.1) is 37.9 Å². The molecule has 0 fully saturated rings. The van der Waals surface area contributed by atoms with Crippen LogP contribution in [0.25, 0.3) is 0 Å². The first kappa shape index (κ1) is 44.5. The lowest BCUT2D eigenvalue weighted by atomic mass is 10.0. The minimum absolute atomic E-state index is 0.0620. The normalized spacial score (nSPS) is 15.1. The third-order valence-corrected chi connectivity index (χ3v) is 9.50. The standard InChI is InChI=1S/C35H73N2O7P/c1-3-5-7-9-11-13-14-15-16-17-19-20-22-24-26-32(38)30-35(40)37-33(31-44-45(41,42)43-29-28-36)34(39)27-25-23-21-18-12-10-8-6-4-2/h32-34,38-39H,3-31,36H2,1-2H3,(H,37,40)(H,41,42). The van der Waals surface area contributed by atoms with E-state index in [-0.39, 0.29) is 26.2 Å². The number of unbranched alkanes of at least 4 members (excludes halogenated alkanes) is 21. The molecule has 6 N–H and O–H groups in total. The largest absolute Gasteiger partial charge is 0.472 e. The van der Waals surface area contributed by atoms with Crippen molar-refractivity contribution < 1.29 is 33.5 Å². The van der Waals surface area contributed by atoms with E-state index in [4.69, 9.17) is 14.8 Å². The van der Waals surface area contributed by atoms with Gasteiger partial charge in [0.1, 0.15) is 0 Å². The lowest BCUT2D eigenvalue weighted by Crippen LogP contribution is -2.47. The van der Waals surface area contributed by atoms with Crippen molar-refractivity contribution >= 4 is 13.7 Å². The van der Waals surface area contributed by atoms with Crippen molar-refractivity contribution in [3.63, 3.8) is 0 Å². The summed E-state index contributed by atoms with van der Waals surface area (Å²) in [6, 6.07) is -0.887. The predicted octanol–water partition coefficient (Wildman–Crippen LogP) is 8.47. The highest BCUT2D eigenvalue weighted by Crippen LogP contribution is 2.43. The molecule has 0 aliphatic carbocycles. The molecular weight excluding hydrogens is 591 g/mol. The molecule has 0 heterocycles. The first-order valence-electron chi connectivity index (χ1n) is 18.7. The molecule has 10 heteroatoms. The van der Waals surface area contributed by atoms with Gasteiger partial charge in [-0.05, 0) is 12.8 Å². The second kappa shape index (κ2) is 32.0. The van der Waals surface area contributed by atoms with Gasteiger partial charge in [-0.3, -0.25) is 13.8 Å². The maximum Gasteiger partial charge on any atom is 0.472 e. The number of phosphoric ester groups is 1. The molecule has 270 valence electrons. The number of carbonyl (C=O) groups is 1. The number of phosphoric acid groups is 1. The lowest BCUT2D eigenvalue weighted by Gasteiger charge is -2.25. The van der Waals surface area contributed by atoms with Crippen molar-refractivity contribution in [1.82, 2.24) is 5.32 Å². The SMILES string of the molecule is CCCCCCCCCCCCCCCCC(O)CC(=O)NC(COP(=O)(O)OCCN)C(O)CCCCCCCCCCC. The first-order chi connectivity index (χ1) is 21.8. The maximum atomic E-state index is 12.7. The highest BCUT2D eigenvalue weighted by atomic mass is 31.2. The molecule has 0 aromatic heterocycles. The van der Waals surface area contributed by atoms with E-state index in [1.165, 1.54) is 109 Å². The van der Waals surface area contributed by atoms with Crippen LogP contribution in [0.2, 0.25) is 0 Å². The number of rotatable bonds is 35. The van der Waals surface area contributed by atoms with Crippen LogP contribution in [0, 0.1) is 0 Å². The minimum Gasteiger partial charge on any atom is -0.393 e. The molecule has 0 saturated heterocycles. The molecule has 0 radical (unpaired) electrons. The number of nitrogens with two attached hydrogens (primary N) is 1. The molecule has 9 nitrogen and oxygen atoms in total. The molecule has 0 saturated carbocycles. The molecule has 1 amide bonds. The van der Waals surface area contributed by atoms with Crippen molar-refractivity contribution in [3.05, 3.63) is 0 Å². The number of aliphatic hydroxyl groups excluding tert-OH is 2. The van der Waals surface area contributed by atoms with Crippen LogP contribution < -0.4 is 11.1 Å². The molecule has 4 unspecified atom stereocenters. The van der Waals surface area contributed by atoms with E-state index in [9.17, 15) is 24.5 Å². The predicted molar refractivity (Wildman–Crippen MR) is 186 cm³/mol. The summed E-state index contributed by atoms with van der Waals surface area (Å²) in [4.78, 5) is 22.6. The zero-order valence-electron chi connectivity index (χ0n) is 29.2. The molecule has 0 spiro atoms. The van der Waals surface area contributed by atoms with Crippen LogP contribution in [0.1, 0.15) is 181 Å². The Hall–Kier alpha value is -0.540. The Balaban J connectivity index is 4.30. The van der Waals surface area contributed by atoms with Crippen LogP contribution in [0.5, 0.6) is 0 Å². The molecule has 0 aromatic carbocycles. The van der Waals surface area contributed by atoms with Gasteiger partial charge in [0, 0.05) is 6.54 Å². The number of nitrogens with one attached hydrogen (secondary N) is 1. The lowest BCUT2D eigenvalue weighted by molar-refractivity contribution is -0.125. The summed E-state index contributed by atoms with van der Waals surface area (Å²) < 4.78 is 22.0. The van der Waals surface area contributed by atoms with Gasteiger partial charge in [0.25, 0.3) is 0 Å². The Labute approximate surface area is 276 Å². The topological polar surface area (TPSA) is 151 Å². The maximum absolute atomic E-state index is 12.7. The Morgan fingerprint density at radius 1 is 0.667 bits per heavy atom. The van der Waals surface area contributed by atoms with Crippen LogP contribution >= 0.6 is 7.82 Å². The average Bonchev–Trinajstić information content (AvgIpc) is 3.01. The van der Waals surface area contributed by atoms with Gasteiger partial charge in [-0.25, -0.2) is 4.57 Å². The second-order valence-electron chi connectivity index (χ2n) is 13.0. The molecule has 0 aromatic rings. The highest BCUT2D eigenvalue weighted by Gasteiger charge is 2.28. The number of carbonyl (C=O) groups excluding carboxylic acids is 1. The Morgan fingerprint density at radius 2 is 1.07 bits per heavy atom. The van der Waals surface area contributed by atoms with Crippen LogP contribution in [-0.4, -0.2) is 59.0 Å². The van der Waals surface area contributed by atoms with E-state index < -0.39 is 32.0 Å². The zero-order chi connectivity index (χ0) is 33.4. The second-order valence-corrected chi connectivity index (χ2v) is 14.4. The van der Waals surface area contributed by atoms with Crippen LogP contribution in [-0.2, 0) is 18.4 Å². The molecule has 0 rings (SSSR count). The highest BCUT2D eigenvalue weighted by molar-refractivity contribution is 7.47. The molecule has 4 atom stereocenters. The van der Waals surface area contributed by atoms with Crippen molar-refractivity contribution in [1.29, 1.82) is 0 Å². The van der Waals surface area contributed by atoms with Crippen LogP contribution in [0.3, 0.4) is 0 Å². The van der Waals surface area contributed by atoms with Crippen molar-refractivity contribution in [2.75, 3.05) is 19.8 Å². The van der Waals surface area contributed by atoms with Crippen molar-refractivity contribution in [2.45, 2.75) is 199 Å². The fraction of sp³-hybridized carbons (Fsp3) is 0.971. The fourth-order valence-electron chi connectivity index (χ4n) is 5.65.